The van der Waals surface area contributed by atoms with Gasteiger partial charge in [0.25, 0.3) is 0 Å². The molecule has 0 aliphatic heterocycles. The molecular weight excluding hydrogens is 321 g/mol. The van der Waals surface area contributed by atoms with E-state index in [9.17, 15) is 8.42 Å². The SMILES string of the molecule is Nc1ccc(Nc2c(Cl)cccc2Cl)c(S(N)(=O)=O)c1. The molecule has 0 spiro atoms. The first kappa shape index (κ1) is 14.9. The standard InChI is InChI=1S/C12H11Cl2N3O2S/c13-8-2-1-3-9(14)12(8)17-10-5-4-7(15)6-11(10)20(16,18)19/h1-6,17H,15H2,(H2,16,18,19). The maximum atomic E-state index is 11.6. The van der Waals surface area contributed by atoms with Gasteiger partial charge in [-0.3, -0.25) is 0 Å². The molecule has 0 atom stereocenters. The number of hydrogen-bond acceptors (Lipinski definition) is 4. The molecule has 106 valence electrons. The fourth-order valence-corrected chi connectivity index (χ4v) is 2.85. The predicted octanol–water partition coefficient (Wildman–Crippen LogP) is 2.97. The lowest BCUT2D eigenvalue weighted by Crippen LogP contribution is -2.14. The molecule has 0 saturated heterocycles. The number of benzene rings is 2. The number of anilines is 3. The number of hydrogen-bond donors (Lipinski definition) is 3. The zero-order valence-corrected chi connectivity index (χ0v) is 12.4. The van der Waals surface area contributed by atoms with Crippen LogP contribution in [0, 0.1) is 0 Å². The van der Waals surface area contributed by atoms with Crippen LogP contribution in [0.2, 0.25) is 10.0 Å². The van der Waals surface area contributed by atoms with Crippen LogP contribution in [0.5, 0.6) is 0 Å². The van der Waals surface area contributed by atoms with Crippen molar-refractivity contribution in [1.82, 2.24) is 0 Å². The molecule has 0 fully saturated rings. The number of sulfonamides is 1. The first-order valence-electron chi connectivity index (χ1n) is 5.42. The highest BCUT2D eigenvalue weighted by atomic mass is 35.5. The van der Waals surface area contributed by atoms with E-state index in [-0.39, 0.29) is 16.3 Å². The van der Waals surface area contributed by atoms with Gasteiger partial charge in [0, 0.05) is 5.69 Å². The highest BCUT2D eigenvalue weighted by Crippen LogP contribution is 2.34. The van der Waals surface area contributed by atoms with E-state index in [0.29, 0.717) is 15.7 Å². The molecule has 0 aliphatic carbocycles. The molecular formula is C12H11Cl2N3O2S. The third-order valence-electron chi connectivity index (χ3n) is 2.53. The Labute approximate surface area is 126 Å². The average Bonchev–Trinajstić information content (AvgIpc) is 2.34. The Morgan fingerprint density at radius 1 is 1.05 bits per heavy atom. The molecule has 2 aromatic carbocycles. The number of primary sulfonamides is 1. The van der Waals surface area contributed by atoms with E-state index >= 15 is 0 Å². The van der Waals surface area contributed by atoms with E-state index in [1.165, 1.54) is 12.1 Å². The topological polar surface area (TPSA) is 98.2 Å². The fourth-order valence-electron chi connectivity index (χ4n) is 1.63. The molecule has 0 saturated carbocycles. The molecule has 0 heterocycles. The number of para-hydroxylation sites is 1. The van der Waals surface area contributed by atoms with Crippen LogP contribution in [0.3, 0.4) is 0 Å². The number of nitrogen functional groups attached to an aromatic ring is 1. The summed E-state index contributed by atoms with van der Waals surface area (Å²) in [6, 6.07) is 9.24. The Hall–Kier alpha value is -1.47. The molecule has 0 aliphatic rings. The summed E-state index contributed by atoms with van der Waals surface area (Å²) in [5, 5.41) is 8.74. The smallest absolute Gasteiger partial charge is 0.240 e. The number of nitrogens with one attached hydrogen (secondary N) is 1. The van der Waals surface area contributed by atoms with Crippen LogP contribution >= 0.6 is 23.2 Å². The summed E-state index contributed by atoms with van der Waals surface area (Å²) in [6.07, 6.45) is 0. The maximum Gasteiger partial charge on any atom is 0.240 e. The van der Waals surface area contributed by atoms with Crippen LogP contribution < -0.4 is 16.2 Å². The molecule has 8 heteroatoms. The lowest BCUT2D eigenvalue weighted by molar-refractivity contribution is 0.598. The van der Waals surface area contributed by atoms with Gasteiger partial charge in [0.2, 0.25) is 10.0 Å². The van der Waals surface area contributed by atoms with E-state index < -0.39 is 10.0 Å². The van der Waals surface area contributed by atoms with Crippen LogP contribution in [-0.2, 0) is 10.0 Å². The van der Waals surface area contributed by atoms with Crippen molar-refractivity contribution in [2.75, 3.05) is 11.1 Å². The van der Waals surface area contributed by atoms with Crippen molar-refractivity contribution in [2.24, 2.45) is 5.14 Å². The van der Waals surface area contributed by atoms with E-state index in [1.54, 1.807) is 24.3 Å². The largest absolute Gasteiger partial charge is 0.399 e. The normalized spacial score (nSPS) is 11.3. The van der Waals surface area contributed by atoms with E-state index in [4.69, 9.17) is 34.1 Å². The predicted molar refractivity (Wildman–Crippen MR) is 82.0 cm³/mol. The summed E-state index contributed by atoms with van der Waals surface area (Å²) in [5.41, 5.74) is 6.50. The average molecular weight is 332 g/mol. The van der Waals surface area contributed by atoms with Crippen LogP contribution in [-0.4, -0.2) is 8.42 Å². The fraction of sp³-hybridized carbons (Fsp3) is 0. The van der Waals surface area contributed by atoms with Crippen molar-refractivity contribution in [3.8, 4) is 0 Å². The second kappa shape index (κ2) is 5.49. The van der Waals surface area contributed by atoms with Gasteiger partial charge in [-0.1, -0.05) is 29.3 Å². The number of halogens is 2. The number of nitrogens with two attached hydrogens (primary N) is 2. The second-order valence-corrected chi connectivity index (χ2v) is 6.37. The Balaban J connectivity index is 2.55. The zero-order chi connectivity index (χ0) is 14.9. The van der Waals surface area contributed by atoms with Crippen LogP contribution in [0.25, 0.3) is 0 Å². The van der Waals surface area contributed by atoms with Crippen LogP contribution in [0.15, 0.2) is 41.3 Å². The van der Waals surface area contributed by atoms with Crippen molar-refractivity contribution < 1.29 is 8.42 Å². The molecule has 0 radical (unpaired) electrons. The van der Waals surface area contributed by atoms with Crippen molar-refractivity contribution in [2.45, 2.75) is 4.90 Å². The Bertz CT molecular complexity index is 743. The molecule has 0 unspecified atom stereocenters. The van der Waals surface area contributed by atoms with Crippen molar-refractivity contribution in [3.63, 3.8) is 0 Å². The highest BCUT2D eigenvalue weighted by Gasteiger charge is 2.16. The molecule has 0 bridgehead atoms. The lowest BCUT2D eigenvalue weighted by atomic mass is 10.2. The van der Waals surface area contributed by atoms with Gasteiger partial charge in [0.15, 0.2) is 0 Å². The Morgan fingerprint density at radius 2 is 1.65 bits per heavy atom. The van der Waals surface area contributed by atoms with Gasteiger partial charge in [-0.15, -0.1) is 0 Å². The molecule has 0 aromatic heterocycles. The molecule has 20 heavy (non-hydrogen) atoms. The lowest BCUT2D eigenvalue weighted by Gasteiger charge is -2.13. The van der Waals surface area contributed by atoms with Crippen molar-refractivity contribution in [1.29, 1.82) is 0 Å². The first-order valence-corrected chi connectivity index (χ1v) is 7.72. The van der Waals surface area contributed by atoms with Crippen LogP contribution in [0.4, 0.5) is 17.1 Å². The first-order chi connectivity index (χ1) is 9.29. The molecule has 5 nitrogen and oxygen atoms in total. The minimum absolute atomic E-state index is 0.131. The minimum Gasteiger partial charge on any atom is -0.399 e. The van der Waals surface area contributed by atoms with Gasteiger partial charge in [-0.25, -0.2) is 13.6 Å². The van der Waals surface area contributed by atoms with Crippen molar-refractivity contribution >= 4 is 50.3 Å². The quantitative estimate of drug-likeness (QED) is 0.753. The summed E-state index contributed by atoms with van der Waals surface area (Å²) < 4.78 is 23.2. The van der Waals surface area contributed by atoms with Crippen molar-refractivity contribution in [3.05, 3.63) is 46.4 Å². The summed E-state index contributed by atoms with van der Waals surface area (Å²) in [6.45, 7) is 0. The highest BCUT2D eigenvalue weighted by molar-refractivity contribution is 7.89. The summed E-state index contributed by atoms with van der Waals surface area (Å²) in [4.78, 5) is -0.131. The molecule has 2 aromatic rings. The third-order valence-corrected chi connectivity index (χ3v) is 4.12. The Morgan fingerprint density at radius 3 is 2.20 bits per heavy atom. The Kier molecular flexibility index (Phi) is 4.10. The van der Waals surface area contributed by atoms with Gasteiger partial charge in [0.1, 0.15) is 4.90 Å². The van der Waals surface area contributed by atoms with E-state index in [2.05, 4.69) is 5.32 Å². The zero-order valence-electron chi connectivity index (χ0n) is 10.1. The van der Waals surface area contributed by atoms with Gasteiger partial charge >= 0.3 is 0 Å². The summed E-state index contributed by atoms with van der Waals surface area (Å²) >= 11 is 12.0. The maximum absolute atomic E-state index is 11.6. The van der Waals surface area contributed by atoms with Gasteiger partial charge in [-0.05, 0) is 30.3 Å². The molecule has 2 rings (SSSR count). The van der Waals surface area contributed by atoms with E-state index in [0.717, 1.165) is 0 Å². The van der Waals surface area contributed by atoms with Gasteiger partial charge in [0.05, 0.1) is 21.4 Å². The summed E-state index contributed by atoms with van der Waals surface area (Å²) in [7, 11) is -3.93. The second-order valence-electron chi connectivity index (χ2n) is 4.02. The van der Waals surface area contributed by atoms with E-state index in [1.807, 2.05) is 0 Å². The van der Waals surface area contributed by atoms with Gasteiger partial charge in [-0.2, -0.15) is 0 Å². The monoisotopic (exact) mass is 331 g/mol. The minimum atomic E-state index is -3.93. The number of rotatable bonds is 3. The molecule has 0 amide bonds. The van der Waals surface area contributed by atoms with Crippen LogP contribution in [0.1, 0.15) is 0 Å². The molecule has 5 N–H and O–H groups in total. The summed E-state index contributed by atoms with van der Waals surface area (Å²) in [5.74, 6) is 0. The third kappa shape index (κ3) is 3.16. The van der Waals surface area contributed by atoms with Gasteiger partial charge < -0.3 is 11.1 Å².